The van der Waals surface area contributed by atoms with E-state index < -0.39 is 0 Å². The van der Waals surface area contributed by atoms with Crippen molar-refractivity contribution in [1.29, 1.82) is 0 Å². The van der Waals surface area contributed by atoms with Crippen LogP contribution < -0.4 is 5.32 Å². The fourth-order valence-corrected chi connectivity index (χ4v) is 4.16. The van der Waals surface area contributed by atoms with Crippen LogP contribution in [-0.2, 0) is 4.74 Å². The molecule has 2 aliphatic rings. The minimum absolute atomic E-state index is 0.564. The van der Waals surface area contributed by atoms with Gasteiger partial charge in [0.25, 0.3) is 0 Å². The fraction of sp³-hybridized carbons (Fsp3) is 0.625. The van der Waals surface area contributed by atoms with E-state index >= 15 is 0 Å². The van der Waals surface area contributed by atoms with E-state index in [2.05, 4.69) is 57.1 Å². The Hall–Kier alpha value is -0.170. The third kappa shape index (κ3) is 3.35. The molecule has 4 heteroatoms. The van der Waals surface area contributed by atoms with Crippen molar-refractivity contribution in [2.75, 3.05) is 39.4 Å². The number of ether oxygens (including phenoxy) is 1. The number of benzene rings is 1. The Labute approximate surface area is 135 Å². The molecule has 0 amide bonds. The summed E-state index contributed by atoms with van der Waals surface area (Å²) >= 11 is 2.49. The van der Waals surface area contributed by atoms with Gasteiger partial charge in [0.2, 0.25) is 0 Å². The normalized spacial score (nSPS) is 23.6. The van der Waals surface area contributed by atoms with Crippen LogP contribution in [0.5, 0.6) is 0 Å². The minimum atomic E-state index is 0.564. The van der Waals surface area contributed by atoms with Gasteiger partial charge in [0.15, 0.2) is 0 Å². The van der Waals surface area contributed by atoms with E-state index in [1.165, 1.54) is 22.0 Å². The molecule has 2 saturated heterocycles. The van der Waals surface area contributed by atoms with E-state index in [1.54, 1.807) is 0 Å². The molecule has 1 atom stereocenters. The molecule has 2 fully saturated rings. The van der Waals surface area contributed by atoms with E-state index in [4.69, 9.17) is 4.74 Å². The van der Waals surface area contributed by atoms with Gasteiger partial charge in [-0.1, -0.05) is 18.2 Å². The minimum Gasteiger partial charge on any atom is -0.381 e. The lowest BCUT2D eigenvalue weighted by atomic mass is 9.85. The lowest BCUT2D eigenvalue weighted by molar-refractivity contribution is 0.0211. The highest BCUT2D eigenvalue weighted by Gasteiger charge is 2.32. The van der Waals surface area contributed by atoms with Crippen LogP contribution in [-0.4, -0.2) is 44.3 Å². The van der Waals surface area contributed by atoms with Gasteiger partial charge in [0, 0.05) is 49.0 Å². The van der Waals surface area contributed by atoms with Crippen LogP contribution in [0.25, 0.3) is 0 Å². The predicted octanol–water partition coefficient (Wildman–Crippen LogP) is 2.66. The highest BCUT2D eigenvalue weighted by Crippen LogP contribution is 2.37. The van der Waals surface area contributed by atoms with E-state index in [0.29, 0.717) is 6.04 Å². The van der Waals surface area contributed by atoms with Crippen molar-refractivity contribution in [1.82, 2.24) is 10.2 Å². The Bertz CT molecular complexity index is 410. The average molecular weight is 386 g/mol. The molecule has 0 unspecified atom stereocenters. The molecule has 0 radical (unpaired) electrons. The summed E-state index contributed by atoms with van der Waals surface area (Å²) < 4.78 is 6.97. The maximum absolute atomic E-state index is 5.57. The van der Waals surface area contributed by atoms with Crippen molar-refractivity contribution in [2.45, 2.75) is 18.9 Å². The zero-order chi connectivity index (χ0) is 13.8. The van der Waals surface area contributed by atoms with Crippen LogP contribution in [0.4, 0.5) is 0 Å². The molecule has 0 aromatic heterocycles. The van der Waals surface area contributed by atoms with Gasteiger partial charge < -0.3 is 10.1 Å². The van der Waals surface area contributed by atoms with Crippen molar-refractivity contribution < 1.29 is 4.74 Å². The van der Waals surface area contributed by atoms with Gasteiger partial charge in [-0.15, -0.1) is 0 Å². The summed E-state index contributed by atoms with van der Waals surface area (Å²) in [5.41, 5.74) is 1.52. The quantitative estimate of drug-likeness (QED) is 0.809. The van der Waals surface area contributed by atoms with Crippen molar-refractivity contribution in [3.8, 4) is 0 Å². The zero-order valence-corrected chi connectivity index (χ0v) is 14.0. The largest absolute Gasteiger partial charge is 0.381 e. The molecular formula is C16H23IN2O. The first-order chi connectivity index (χ1) is 9.86. The van der Waals surface area contributed by atoms with Crippen molar-refractivity contribution in [2.24, 2.45) is 5.92 Å². The van der Waals surface area contributed by atoms with Gasteiger partial charge in [-0.3, -0.25) is 4.90 Å². The van der Waals surface area contributed by atoms with Gasteiger partial charge in [-0.2, -0.15) is 0 Å². The number of hydrogen-bond donors (Lipinski definition) is 1. The molecule has 3 rings (SSSR count). The molecule has 3 nitrogen and oxygen atoms in total. The molecule has 1 N–H and O–H groups in total. The van der Waals surface area contributed by atoms with E-state index in [-0.39, 0.29) is 0 Å². The first kappa shape index (κ1) is 14.8. The van der Waals surface area contributed by atoms with Gasteiger partial charge in [0.1, 0.15) is 0 Å². The van der Waals surface area contributed by atoms with Gasteiger partial charge in [0.05, 0.1) is 0 Å². The number of rotatable bonds is 3. The number of nitrogens with zero attached hydrogens (tertiary/aromatic N) is 1. The second kappa shape index (κ2) is 7.20. The Morgan fingerprint density at radius 1 is 1.15 bits per heavy atom. The Balaban J connectivity index is 1.87. The summed E-state index contributed by atoms with van der Waals surface area (Å²) in [6.07, 6.45) is 2.39. The lowest BCUT2D eigenvalue weighted by Gasteiger charge is -2.41. The number of nitrogens with one attached hydrogen (secondary N) is 1. The SMILES string of the molecule is Ic1ccccc1[C@H](C1CCOCC1)N1CCNCC1. The van der Waals surface area contributed by atoms with Crippen LogP contribution in [0.2, 0.25) is 0 Å². The smallest absolute Gasteiger partial charge is 0.0469 e. The van der Waals surface area contributed by atoms with Crippen LogP contribution >= 0.6 is 22.6 Å². The summed E-state index contributed by atoms with van der Waals surface area (Å²) in [5.74, 6) is 0.734. The summed E-state index contributed by atoms with van der Waals surface area (Å²) in [4.78, 5) is 2.68. The Kier molecular flexibility index (Phi) is 5.31. The van der Waals surface area contributed by atoms with E-state index in [0.717, 1.165) is 45.3 Å². The second-order valence-corrected chi connectivity index (χ2v) is 6.86. The molecule has 110 valence electrons. The van der Waals surface area contributed by atoms with Gasteiger partial charge in [-0.05, 0) is 53.0 Å². The highest BCUT2D eigenvalue weighted by atomic mass is 127. The summed E-state index contributed by atoms with van der Waals surface area (Å²) in [6.45, 7) is 6.40. The molecule has 2 heterocycles. The molecule has 0 spiro atoms. The Morgan fingerprint density at radius 3 is 2.55 bits per heavy atom. The monoisotopic (exact) mass is 386 g/mol. The maximum atomic E-state index is 5.57. The number of hydrogen-bond acceptors (Lipinski definition) is 3. The molecule has 2 aliphatic heterocycles. The summed E-state index contributed by atoms with van der Waals surface area (Å²) in [5, 5.41) is 3.47. The maximum Gasteiger partial charge on any atom is 0.0469 e. The Morgan fingerprint density at radius 2 is 1.85 bits per heavy atom. The van der Waals surface area contributed by atoms with Crippen molar-refractivity contribution in [3.05, 3.63) is 33.4 Å². The molecule has 20 heavy (non-hydrogen) atoms. The second-order valence-electron chi connectivity index (χ2n) is 5.70. The average Bonchev–Trinajstić information content (AvgIpc) is 2.52. The van der Waals surface area contributed by atoms with E-state index in [9.17, 15) is 0 Å². The van der Waals surface area contributed by atoms with Crippen LogP contribution in [0.15, 0.2) is 24.3 Å². The number of piperazine rings is 1. The standard InChI is InChI=1S/C16H23IN2O/c17-15-4-2-1-3-14(15)16(13-5-11-20-12-6-13)19-9-7-18-8-10-19/h1-4,13,16,18H,5-12H2/t16-/m0/s1. The topological polar surface area (TPSA) is 24.5 Å². The molecule has 0 saturated carbocycles. The fourth-order valence-electron chi connectivity index (χ4n) is 3.46. The third-order valence-corrected chi connectivity index (χ3v) is 5.46. The third-order valence-electron chi connectivity index (χ3n) is 4.48. The first-order valence-electron chi connectivity index (χ1n) is 7.63. The summed E-state index contributed by atoms with van der Waals surface area (Å²) in [6, 6.07) is 9.46. The molecule has 0 bridgehead atoms. The van der Waals surface area contributed by atoms with Crippen molar-refractivity contribution in [3.63, 3.8) is 0 Å². The molecular weight excluding hydrogens is 363 g/mol. The highest BCUT2D eigenvalue weighted by molar-refractivity contribution is 14.1. The first-order valence-corrected chi connectivity index (χ1v) is 8.71. The van der Waals surface area contributed by atoms with Crippen LogP contribution in [0.1, 0.15) is 24.4 Å². The molecule has 1 aromatic rings. The van der Waals surface area contributed by atoms with Crippen LogP contribution in [0.3, 0.4) is 0 Å². The molecule has 0 aliphatic carbocycles. The molecule has 1 aromatic carbocycles. The predicted molar refractivity (Wildman–Crippen MR) is 89.9 cm³/mol. The van der Waals surface area contributed by atoms with Crippen molar-refractivity contribution >= 4 is 22.6 Å². The summed E-state index contributed by atoms with van der Waals surface area (Å²) in [7, 11) is 0. The van der Waals surface area contributed by atoms with Gasteiger partial charge in [-0.25, -0.2) is 0 Å². The number of halogens is 1. The lowest BCUT2D eigenvalue weighted by Crippen LogP contribution is -2.47. The van der Waals surface area contributed by atoms with E-state index in [1.807, 2.05) is 0 Å². The van der Waals surface area contributed by atoms with Crippen LogP contribution in [0, 0.1) is 9.49 Å². The van der Waals surface area contributed by atoms with Gasteiger partial charge >= 0.3 is 0 Å². The zero-order valence-electron chi connectivity index (χ0n) is 11.9.